The van der Waals surface area contributed by atoms with Crippen molar-refractivity contribution < 1.29 is 16.8 Å². The number of rotatable bonds is 6. The van der Waals surface area contributed by atoms with E-state index in [0.717, 1.165) is 16.7 Å². The molecule has 0 saturated carbocycles. The van der Waals surface area contributed by atoms with Crippen LogP contribution in [-0.4, -0.2) is 45.2 Å². The highest BCUT2D eigenvalue weighted by molar-refractivity contribution is 7.92. The summed E-state index contributed by atoms with van der Waals surface area (Å²) in [6.07, 6.45) is 0.714. The molecule has 7 heteroatoms. The van der Waals surface area contributed by atoms with Gasteiger partial charge in [0.05, 0.1) is 15.9 Å². The molecule has 5 nitrogen and oxygen atoms in total. The number of nitrogens with zero attached hydrogens (tertiary/aromatic N) is 1. The molecular formula is C22H29NO4S2. The molecular weight excluding hydrogens is 406 g/mol. The van der Waals surface area contributed by atoms with Crippen molar-refractivity contribution in [2.75, 3.05) is 18.8 Å². The van der Waals surface area contributed by atoms with Crippen molar-refractivity contribution in [3.63, 3.8) is 0 Å². The van der Waals surface area contributed by atoms with Gasteiger partial charge in [0.15, 0.2) is 9.84 Å². The fourth-order valence-electron chi connectivity index (χ4n) is 3.83. The molecule has 0 N–H and O–H groups in total. The van der Waals surface area contributed by atoms with Gasteiger partial charge in [-0.25, -0.2) is 16.8 Å². The number of aryl methyl sites for hydroxylation is 1. The maximum atomic E-state index is 13.0. The molecule has 158 valence electrons. The summed E-state index contributed by atoms with van der Waals surface area (Å²) < 4.78 is 52.3. The van der Waals surface area contributed by atoms with E-state index in [9.17, 15) is 16.8 Å². The topological polar surface area (TPSA) is 71.5 Å². The summed E-state index contributed by atoms with van der Waals surface area (Å²) in [7, 11) is -6.80. The van der Waals surface area contributed by atoms with E-state index >= 15 is 0 Å². The van der Waals surface area contributed by atoms with Gasteiger partial charge in [-0.15, -0.1) is 0 Å². The molecule has 3 rings (SSSR count). The third-order valence-electron chi connectivity index (χ3n) is 5.32. The van der Waals surface area contributed by atoms with Gasteiger partial charge in [-0.3, -0.25) is 0 Å². The van der Waals surface area contributed by atoms with Crippen LogP contribution in [0.25, 0.3) is 11.1 Å². The predicted molar refractivity (Wildman–Crippen MR) is 117 cm³/mol. The Hall–Kier alpha value is -1.70. The number of piperidine rings is 1. The number of sulfonamides is 1. The lowest BCUT2D eigenvalue weighted by Gasteiger charge is -2.31. The van der Waals surface area contributed by atoms with Crippen molar-refractivity contribution in [2.24, 2.45) is 5.92 Å². The smallest absolute Gasteiger partial charge is 0.229 e. The molecule has 2 aromatic rings. The molecule has 1 fully saturated rings. The van der Waals surface area contributed by atoms with Gasteiger partial charge in [0.25, 0.3) is 0 Å². The van der Waals surface area contributed by atoms with Gasteiger partial charge in [0.2, 0.25) is 10.0 Å². The quantitative estimate of drug-likeness (QED) is 0.690. The maximum absolute atomic E-state index is 13.0. The molecule has 1 heterocycles. The zero-order valence-corrected chi connectivity index (χ0v) is 18.8. The average molecular weight is 436 g/mol. The van der Waals surface area contributed by atoms with Crippen LogP contribution < -0.4 is 0 Å². The molecule has 0 amide bonds. The SMILES string of the molecule is Cc1cccc(-c2ccc(S(=O)(=O)N3CCC(S(=O)(=O)CC(C)C)CC3)cc2)c1. The van der Waals surface area contributed by atoms with Gasteiger partial charge in [0, 0.05) is 13.1 Å². The van der Waals surface area contributed by atoms with Crippen LogP contribution >= 0.6 is 0 Å². The summed E-state index contributed by atoms with van der Waals surface area (Å²) in [5.41, 5.74) is 3.16. The summed E-state index contributed by atoms with van der Waals surface area (Å²) in [6, 6.07) is 15.0. The first-order valence-corrected chi connectivity index (χ1v) is 13.1. The van der Waals surface area contributed by atoms with E-state index in [0.29, 0.717) is 12.8 Å². The van der Waals surface area contributed by atoms with Crippen molar-refractivity contribution in [2.45, 2.75) is 43.8 Å². The van der Waals surface area contributed by atoms with Crippen LogP contribution in [0, 0.1) is 12.8 Å². The Labute approximate surface area is 174 Å². The van der Waals surface area contributed by atoms with Gasteiger partial charge < -0.3 is 0 Å². The largest absolute Gasteiger partial charge is 0.243 e. The van der Waals surface area contributed by atoms with Crippen LogP contribution in [0.1, 0.15) is 32.3 Å². The van der Waals surface area contributed by atoms with E-state index in [-0.39, 0.29) is 29.7 Å². The summed E-state index contributed by atoms with van der Waals surface area (Å²) >= 11 is 0. The number of hydrogen-bond acceptors (Lipinski definition) is 4. The van der Waals surface area contributed by atoms with E-state index in [1.807, 2.05) is 51.1 Å². The number of benzene rings is 2. The highest BCUT2D eigenvalue weighted by Gasteiger charge is 2.35. The molecule has 1 aliphatic rings. The highest BCUT2D eigenvalue weighted by atomic mass is 32.2. The molecule has 1 saturated heterocycles. The predicted octanol–water partition coefficient (Wildman–Crippen LogP) is 3.89. The number of sulfone groups is 1. The van der Waals surface area contributed by atoms with Crippen molar-refractivity contribution >= 4 is 19.9 Å². The van der Waals surface area contributed by atoms with Crippen LogP contribution in [0.2, 0.25) is 0 Å². The zero-order chi connectivity index (χ0) is 21.2. The monoisotopic (exact) mass is 435 g/mol. The third-order valence-corrected chi connectivity index (χ3v) is 9.85. The normalized spacial score (nSPS) is 17.0. The van der Waals surface area contributed by atoms with E-state index < -0.39 is 25.1 Å². The Bertz CT molecular complexity index is 1050. The second-order valence-electron chi connectivity index (χ2n) is 8.22. The Morgan fingerprint density at radius 1 is 0.931 bits per heavy atom. The highest BCUT2D eigenvalue weighted by Crippen LogP contribution is 2.27. The molecule has 0 spiro atoms. The third kappa shape index (κ3) is 5.08. The minimum Gasteiger partial charge on any atom is -0.229 e. The Morgan fingerprint density at radius 2 is 1.55 bits per heavy atom. The van der Waals surface area contributed by atoms with Crippen LogP contribution in [-0.2, 0) is 19.9 Å². The molecule has 2 aromatic carbocycles. The molecule has 0 bridgehead atoms. The van der Waals surface area contributed by atoms with Gasteiger partial charge in [-0.05, 0) is 48.9 Å². The van der Waals surface area contributed by atoms with Crippen LogP contribution in [0.3, 0.4) is 0 Å². The van der Waals surface area contributed by atoms with Gasteiger partial charge >= 0.3 is 0 Å². The molecule has 29 heavy (non-hydrogen) atoms. The maximum Gasteiger partial charge on any atom is 0.243 e. The molecule has 0 unspecified atom stereocenters. The van der Waals surface area contributed by atoms with Crippen molar-refractivity contribution in [1.29, 1.82) is 0 Å². The molecule has 1 aliphatic heterocycles. The van der Waals surface area contributed by atoms with Crippen molar-refractivity contribution in [3.8, 4) is 11.1 Å². The van der Waals surface area contributed by atoms with Crippen LogP contribution in [0.5, 0.6) is 0 Å². The standard InChI is InChI=1S/C22H29NO4S2/c1-17(2)16-28(24,25)21-11-13-23(14-12-21)29(26,27)22-9-7-19(8-10-22)20-6-4-5-18(3)15-20/h4-10,15,17,21H,11-14,16H2,1-3H3. The molecule has 0 atom stereocenters. The fraction of sp³-hybridized carbons (Fsp3) is 0.455. The van der Waals surface area contributed by atoms with E-state index in [1.54, 1.807) is 12.1 Å². The second-order valence-corrected chi connectivity index (χ2v) is 12.5. The average Bonchev–Trinajstić information content (AvgIpc) is 2.67. The van der Waals surface area contributed by atoms with Crippen LogP contribution in [0.4, 0.5) is 0 Å². The lowest BCUT2D eigenvalue weighted by atomic mass is 10.0. The minimum atomic E-state index is -3.62. The van der Waals surface area contributed by atoms with E-state index in [4.69, 9.17) is 0 Å². The zero-order valence-electron chi connectivity index (χ0n) is 17.2. The first-order valence-electron chi connectivity index (χ1n) is 9.98. The second kappa shape index (κ2) is 8.58. The first kappa shape index (κ1) is 22.0. The van der Waals surface area contributed by atoms with E-state index in [2.05, 4.69) is 6.07 Å². The van der Waals surface area contributed by atoms with Gasteiger partial charge in [0.1, 0.15) is 0 Å². The van der Waals surface area contributed by atoms with Crippen LogP contribution in [0.15, 0.2) is 53.4 Å². The summed E-state index contributed by atoms with van der Waals surface area (Å²) in [6.45, 7) is 6.27. The lowest BCUT2D eigenvalue weighted by molar-refractivity contribution is 0.345. The molecule has 0 aromatic heterocycles. The van der Waals surface area contributed by atoms with Crippen molar-refractivity contribution in [1.82, 2.24) is 4.31 Å². The lowest BCUT2D eigenvalue weighted by Crippen LogP contribution is -2.43. The molecule has 0 radical (unpaired) electrons. The number of hydrogen-bond donors (Lipinski definition) is 0. The summed E-state index contributed by atoms with van der Waals surface area (Å²) in [5.74, 6) is 0.235. The van der Waals surface area contributed by atoms with Crippen molar-refractivity contribution in [3.05, 3.63) is 54.1 Å². The van der Waals surface area contributed by atoms with Gasteiger partial charge in [-0.2, -0.15) is 4.31 Å². The van der Waals surface area contributed by atoms with E-state index in [1.165, 1.54) is 4.31 Å². The Kier molecular flexibility index (Phi) is 6.51. The summed E-state index contributed by atoms with van der Waals surface area (Å²) in [4.78, 5) is 0.248. The van der Waals surface area contributed by atoms with Gasteiger partial charge in [-0.1, -0.05) is 55.8 Å². The summed E-state index contributed by atoms with van der Waals surface area (Å²) in [5, 5.41) is -0.444. The first-order chi connectivity index (χ1) is 13.6. The molecule has 0 aliphatic carbocycles. The fourth-order valence-corrected chi connectivity index (χ4v) is 7.43. The minimum absolute atomic E-state index is 0.0775. The Morgan fingerprint density at radius 3 is 2.10 bits per heavy atom. The Balaban J connectivity index is 1.72.